The van der Waals surface area contributed by atoms with Crippen LogP contribution in [0.15, 0.2) is 48.5 Å². The predicted octanol–water partition coefficient (Wildman–Crippen LogP) is 2.69. The van der Waals surface area contributed by atoms with E-state index in [1.807, 2.05) is 17.0 Å². The van der Waals surface area contributed by atoms with Gasteiger partial charge in [0, 0.05) is 32.7 Å². The molecule has 3 atom stereocenters. The first-order chi connectivity index (χ1) is 14.2. The third-order valence-corrected chi connectivity index (χ3v) is 5.76. The molecule has 2 heterocycles. The Hall–Kier alpha value is -2.28. The van der Waals surface area contributed by atoms with Gasteiger partial charge >= 0.3 is 0 Å². The number of halogens is 1. The number of hydrogen-bond acceptors (Lipinski definition) is 4. The van der Waals surface area contributed by atoms with Crippen LogP contribution in [0.4, 0.5) is 4.39 Å². The maximum atomic E-state index is 13.5. The highest BCUT2D eigenvalue weighted by molar-refractivity contribution is 5.82. The Bertz CT molecular complexity index is 842. The van der Waals surface area contributed by atoms with E-state index in [-0.39, 0.29) is 23.8 Å². The quantitative estimate of drug-likeness (QED) is 0.761. The molecule has 0 radical (unpaired) electrons. The van der Waals surface area contributed by atoms with E-state index in [1.54, 1.807) is 19.2 Å². The summed E-state index contributed by atoms with van der Waals surface area (Å²) in [7, 11) is 1.67. The van der Waals surface area contributed by atoms with Crippen LogP contribution >= 0.6 is 0 Å². The molecule has 2 aliphatic heterocycles. The Morgan fingerprint density at radius 3 is 2.83 bits per heavy atom. The summed E-state index contributed by atoms with van der Waals surface area (Å²) in [5.74, 6) is -0.273. The minimum Gasteiger partial charge on any atom is -0.383 e. The number of nitrogens with zero attached hydrogens (tertiary/aromatic N) is 1. The fourth-order valence-electron chi connectivity index (χ4n) is 4.30. The van der Waals surface area contributed by atoms with E-state index in [4.69, 9.17) is 9.47 Å². The van der Waals surface area contributed by atoms with Gasteiger partial charge in [0.1, 0.15) is 11.9 Å². The summed E-state index contributed by atoms with van der Waals surface area (Å²) in [6.45, 7) is 2.51. The highest BCUT2D eigenvalue weighted by atomic mass is 19.1. The summed E-state index contributed by atoms with van der Waals surface area (Å²) < 4.78 is 24.4. The van der Waals surface area contributed by atoms with Crippen molar-refractivity contribution in [1.82, 2.24) is 10.2 Å². The molecule has 0 saturated carbocycles. The first-order valence-corrected chi connectivity index (χ1v) is 10.1. The van der Waals surface area contributed by atoms with Gasteiger partial charge in [-0.25, -0.2) is 4.39 Å². The van der Waals surface area contributed by atoms with Gasteiger partial charge in [-0.05, 0) is 35.2 Å². The first kappa shape index (κ1) is 20.0. The van der Waals surface area contributed by atoms with Gasteiger partial charge in [0.25, 0.3) is 5.91 Å². The summed E-state index contributed by atoms with van der Waals surface area (Å²) in [5, 5.41) is 3.37. The van der Waals surface area contributed by atoms with Crippen molar-refractivity contribution < 1.29 is 18.7 Å². The van der Waals surface area contributed by atoms with Crippen LogP contribution in [0.5, 0.6) is 0 Å². The number of hydrogen-bond donors (Lipinski definition) is 1. The SMILES string of the molecule is COCCN[C@@H]1CO[C@@H](C(=O)N2CCc3ccccc3[C@@H]2c2ccc(F)cc2)C1. The molecule has 1 amide bonds. The zero-order valence-electron chi connectivity index (χ0n) is 16.6. The molecular formula is C23H27FN2O3. The number of carbonyl (C=O) groups is 1. The normalized spacial score (nSPS) is 23.8. The van der Waals surface area contributed by atoms with Crippen molar-refractivity contribution in [3.05, 3.63) is 71.0 Å². The topological polar surface area (TPSA) is 50.8 Å². The average molecular weight is 398 g/mol. The van der Waals surface area contributed by atoms with Crippen LogP contribution in [-0.4, -0.2) is 56.4 Å². The average Bonchev–Trinajstić information content (AvgIpc) is 3.22. The zero-order chi connectivity index (χ0) is 20.2. The Morgan fingerprint density at radius 2 is 2.03 bits per heavy atom. The lowest BCUT2D eigenvalue weighted by Gasteiger charge is -2.39. The molecule has 1 fully saturated rings. The summed E-state index contributed by atoms with van der Waals surface area (Å²) in [6.07, 6.45) is 1.00. The second-order valence-corrected chi connectivity index (χ2v) is 7.64. The minimum absolute atomic E-state index is 0.00451. The fraction of sp³-hybridized carbons (Fsp3) is 0.435. The van der Waals surface area contributed by atoms with E-state index in [9.17, 15) is 9.18 Å². The molecule has 154 valence electrons. The van der Waals surface area contributed by atoms with E-state index in [1.165, 1.54) is 17.7 Å². The Labute approximate surface area is 170 Å². The standard InChI is InChI=1S/C23H27FN2O3/c1-28-13-11-25-19-14-21(29-15-19)23(27)26-12-10-16-4-2-3-5-20(16)22(26)17-6-8-18(24)9-7-17/h2-9,19,21-22,25H,10-15H2,1H3/t19-,21+,22-/m0/s1. The van der Waals surface area contributed by atoms with Crippen LogP contribution in [0.3, 0.4) is 0 Å². The van der Waals surface area contributed by atoms with Gasteiger partial charge < -0.3 is 19.7 Å². The van der Waals surface area contributed by atoms with E-state index >= 15 is 0 Å². The molecule has 5 nitrogen and oxygen atoms in total. The lowest BCUT2D eigenvalue weighted by atomic mass is 9.87. The molecule has 6 heteroatoms. The fourth-order valence-corrected chi connectivity index (χ4v) is 4.30. The number of amides is 1. The van der Waals surface area contributed by atoms with E-state index in [2.05, 4.69) is 17.4 Å². The highest BCUT2D eigenvalue weighted by Gasteiger charge is 2.39. The van der Waals surface area contributed by atoms with Crippen LogP contribution in [0.1, 0.15) is 29.2 Å². The molecular weight excluding hydrogens is 371 g/mol. The monoisotopic (exact) mass is 398 g/mol. The Morgan fingerprint density at radius 1 is 1.24 bits per heavy atom. The molecule has 0 aliphatic carbocycles. The van der Waals surface area contributed by atoms with Crippen LogP contribution in [0.2, 0.25) is 0 Å². The predicted molar refractivity (Wildman–Crippen MR) is 108 cm³/mol. The minimum atomic E-state index is -0.455. The maximum absolute atomic E-state index is 13.5. The molecule has 2 aromatic carbocycles. The Balaban J connectivity index is 1.55. The Kier molecular flexibility index (Phi) is 6.23. The molecule has 2 aromatic rings. The van der Waals surface area contributed by atoms with Gasteiger partial charge in [-0.3, -0.25) is 4.79 Å². The first-order valence-electron chi connectivity index (χ1n) is 10.1. The summed E-state index contributed by atoms with van der Waals surface area (Å²) in [4.78, 5) is 15.3. The van der Waals surface area contributed by atoms with Crippen molar-refractivity contribution in [2.45, 2.75) is 31.0 Å². The number of ether oxygens (including phenoxy) is 2. The maximum Gasteiger partial charge on any atom is 0.252 e. The molecule has 0 bridgehead atoms. The van der Waals surface area contributed by atoms with Crippen molar-refractivity contribution in [2.75, 3.05) is 33.4 Å². The summed E-state index contributed by atoms with van der Waals surface area (Å²) in [6, 6.07) is 14.6. The van der Waals surface area contributed by atoms with Crippen molar-refractivity contribution in [3.63, 3.8) is 0 Å². The summed E-state index contributed by atoms with van der Waals surface area (Å²) >= 11 is 0. The molecule has 4 rings (SSSR count). The lowest BCUT2D eigenvalue weighted by molar-refractivity contribution is -0.143. The number of nitrogens with one attached hydrogen (secondary N) is 1. The van der Waals surface area contributed by atoms with Gasteiger partial charge in [-0.15, -0.1) is 0 Å². The lowest BCUT2D eigenvalue weighted by Crippen LogP contribution is -2.45. The van der Waals surface area contributed by atoms with Crippen LogP contribution in [0.25, 0.3) is 0 Å². The molecule has 0 aromatic heterocycles. The van der Waals surface area contributed by atoms with Crippen molar-refractivity contribution in [3.8, 4) is 0 Å². The number of fused-ring (bicyclic) bond motifs is 1. The van der Waals surface area contributed by atoms with Gasteiger partial charge in [0.15, 0.2) is 0 Å². The van der Waals surface area contributed by atoms with Gasteiger partial charge in [-0.2, -0.15) is 0 Å². The second kappa shape index (κ2) is 9.03. The number of carbonyl (C=O) groups excluding carboxylic acids is 1. The number of rotatable bonds is 6. The number of benzene rings is 2. The van der Waals surface area contributed by atoms with Crippen LogP contribution < -0.4 is 5.32 Å². The molecule has 1 saturated heterocycles. The smallest absolute Gasteiger partial charge is 0.252 e. The molecule has 2 aliphatic rings. The second-order valence-electron chi connectivity index (χ2n) is 7.64. The third-order valence-electron chi connectivity index (χ3n) is 5.76. The van der Waals surface area contributed by atoms with Crippen LogP contribution in [-0.2, 0) is 20.7 Å². The number of methoxy groups -OCH3 is 1. The van der Waals surface area contributed by atoms with E-state index in [0.29, 0.717) is 26.2 Å². The molecule has 1 N–H and O–H groups in total. The van der Waals surface area contributed by atoms with Gasteiger partial charge in [0.05, 0.1) is 19.3 Å². The third kappa shape index (κ3) is 4.34. The van der Waals surface area contributed by atoms with Crippen molar-refractivity contribution >= 4 is 5.91 Å². The van der Waals surface area contributed by atoms with Crippen LogP contribution in [0, 0.1) is 5.82 Å². The molecule has 0 spiro atoms. The largest absolute Gasteiger partial charge is 0.383 e. The molecule has 0 unspecified atom stereocenters. The van der Waals surface area contributed by atoms with Crippen molar-refractivity contribution in [1.29, 1.82) is 0 Å². The van der Waals surface area contributed by atoms with Gasteiger partial charge in [-0.1, -0.05) is 36.4 Å². The zero-order valence-corrected chi connectivity index (χ0v) is 16.6. The van der Waals surface area contributed by atoms with Gasteiger partial charge in [0.2, 0.25) is 0 Å². The van der Waals surface area contributed by atoms with E-state index in [0.717, 1.165) is 24.1 Å². The van der Waals surface area contributed by atoms with E-state index < -0.39 is 6.10 Å². The highest BCUT2D eigenvalue weighted by Crippen LogP contribution is 2.36. The van der Waals surface area contributed by atoms with Crippen molar-refractivity contribution in [2.24, 2.45) is 0 Å². The molecule has 29 heavy (non-hydrogen) atoms. The summed E-state index contributed by atoms with van der Waals surface area (Å²) in [5.41, 5.74) is 3.25.